The number of alkyl halides is 3. The molecule has 0 aliphatic heterocycles. The van der Waals surface area contributed by atoms with Gasteiger partial charge in [-0.15, -0.1) is 0 Å². The molecule has 1 aromatic heterocycles. The topological polar surface area (TPSA) is 53.0 Å². The maximum absolute atomic E-state index is 12.5. The highest BCUT2D eigenvalue weighted by atomic mass is 19.4. The van der Waals surface area contributed by atoms with Crippen molar-refractivity contribution in [1.82, 2.24) is 4.98 Å². The Morgan fingerprint density at radius 1 is 1.24 bits per heavy atom. The number of hydrogen-bond donors (Lipinski definition) is 0. The van der Waals surface area contributed by atoms with Gasteiger partial charge in [-0.05, 0) is 11.6 Å². The van der Waals surface area contributed by atoms with Crippen molar-refractivity contribution in [3.63, 3.8) is 0 Å². The van der Waals surface area contributed by atoms with E-state index >= 15 is 0 Å². The molecule has 3 nitrogen and oxygen atoms in total. The zero-order valence-electron chi connectivity index (χ0n) is 7.89. The van der Waals surface area contributed by atoms with Gasteiger partial charge in [0.2, 0.25) is 11.9 Å². The number of halogens is 5. The molecular formula is C9H3F5NO2-. The summed E-state index contributed by atoms with van der Waals surface area (Å²) >= 11 is 0. The number of nitrogens with zero attached hydrogens (tertiary/aromatic N) is 1. The average Bonchev–Trinajstić information content (AvgIpc) is 2.14. The molecular weight excluding hydrogens is 249 g/mol. The Hall–Kier alpha value is -1.99. The zero-order chi connectivity index (χ0) is 13.2. The molecule has 0 N–H and O–H groups in total. The molecule has 0 aliphatic carbocycles. The van der Waals surface area contributed by atoms with E-state index in [1.54, 1.807) is 0 Å². The van der Waals surface area contributed by atoms with Crippen molar-refractivity contribution < 1.29 is 31.9 Å². The van der Waals surface area contributed by atoms with E-state index in [9.17, 15) is 31.9 Å². The zero-order valence-corrected chi connectivity index (χ0v) is 7.89. The molecule has 0 spiro atoms. The smallest absolute Gasteiger partial charge is 0.454 e. The molecule has 1 aromatic rings. The van der Waals surface area contributed by atoms with Crippen LogP contribution >= 0.6 is 0 Å². The molecule has 0 atom stereocenters. The molecule has 0 radical (unpaired) electrons. The van der Waals surface area contributed by atoms with Crippen molar-refractivity contribution >= 4 is 11.5 Å². The van der Waals surface area contributed by atoms with Gasteiger partial charge in [-0.1, -0.05) is 5.76 Å². The summed E-state index contributed by atoms with van der Waals surface area (Å²) < 4.78 is 60.4. The number of aromatic nitrogens is 1. The minimum absolute atomic E-state index is 0.284. The molecule has 8 heteroatoms. The number of hydrogen-bond acceptors (Lipinski definition) is 3. The number of allylic oxidation sites excluding steroid dienone is 1. The van der Waals surface area contributed by atoms with Gasteiger partial charge in [-0.2, -0.15) is 26.9 Å². The van der Waals surface area contributed by atoms with E-state index in [0.29, 0.717) is 12.1 Å². The van der Waals surface area contributed by atoms with Crippen LogP contribution in [0.1, 0.15) is 5.56 Å². The lowest BCUT2D eigenvalue weighted by molar-refractivity contribution is -0.244. The third kappa shape index (κ3) is 3.51. The Morgan fingerprint density at radius 2 is 1.71 bits per heavy atom. The predicted octanol–water partition coefficient (Wildman–Crippen LogP) is 1.19. The van der Waals surface area contributed by atoms with Gasteiger partial charge in [-0.25, -0.2) is 0 Å². The number of pyridine rings is 1. The highest BCUT2D eigenvalue weighted by molar-refractivity contribution is 5.98. The first-order valence-corrected chi connectivity index (χ1v) is 4.03. The summed E-state index contributed by atoms with van der Waals surface area (Å²) in [5, 5.41) is 11.1. The van der Waals surface area contributed by atoms with E-state index in [4.69, 9.17) is 0 Å². The first-order chi connectivity index (χ1) is 7.70. The Labute approximate surface area is 91.2 Å². The van der Waals surface area contributed by atoms with Gasteiger partial charge in [0.05, 0.1) is 0 Å². The Morgan fingerprint density at radius 3 is 2.12 bits per heavy atom. The van der Waals surface area contributed by atoms with Crippen molar-refractivity contribution in [2.24, 2.45) is 0 Å². The Kier molecular flexibility index (Phi) is 3.45. The number of carbonyl (C=O) groups excluding carboxylic acids is 1. The molecule has 0 bridgehead atoms. The summed E-state index contributed by atoms with van der Waals surface area (Å²) in [7, 11) is 0. The van der Waals surface area contributed by atoms with Gasteiger partial charge in [0.25, 0.3) is 5.78 Å². The fraction of sp³-hybridized carbons (Fsp3) is 0.111. The lowest BCUT2D eigenvalue weighted by Gasteiger charge is -2.12. The molecule has 0 fully saturated rings. The van der Waals surface area contributed by atoms with Gasteiger partial charge in [-0.3, -0.25) is 4.79 Å². The average molecular weight is 252 g/mol. The summed E-state index contributed by atoms with van der Waals surface area (Å²) in [5.74, 6) is -6.60. The molecule has 17 heavy (non-hydrogen) atoms. The maximum atomic E-state index is 12.5. The fourth-order valence-electron chi connectivity index (χ4n) is 0.891. The standard InChI is InChI=1S/C9H4F5NO2/c10-7-1-4(2-8(11)15-7)5(16)3-6(17)9(12,13)14/h1-3,16H/p-1/b5-3-. The number of carbonyl (C=O) groups is 1. The highest BCUT2D eigenvalue weighted by Crippen LogP contribution is 2.19. The van der Waals surface area contributed by atoms with Crippen LogP contribution in [0.5, 0.6) is 0 Å². The third-order valence-electron chi connectivity index (χ3n) is 1.59. The minimum atomic E-state index is -5.21. The normalized spacial score (nSPS) is 12.6. The van der Waals surface area contributed by atoms with Crippen LogP contribution in [-0.2, 0) is 4.79 Å². The first-order valence-electron chi connectivity index (χ1n) is 4.03. The van der Waals surface area contributed by atoms with E-state index in [2.05, 4.69) is 4.98 Å². The summed E-state index contributed by atoms with van der Waals surface area (Å²) in [4.78, 5) is 13.1. The third-order valence-corrected chi connectivity index (χ3v) is 1.59. The maximum Gasteiger partial charge on any atom is 0.454 e. The number of ketones is 1. The van der Waals surface area contributed by atoms with Gasteiger partial charge >= 0.3 is 6.18 Å². The van der Waals surface area contributed by atoms with Gasteiger partial charge in [0, 0.05) is 12.1 Å². The van der Waals surface area contributed by atoms with Crippen LogP contribution in [0.25, 0.3) is 5.76 Å². The molecule has 1 rings (SSSR count). The van der Waals surface area contributed by atoms with E-state index in [1.807, 2.05) is 0 Å². The summed E-state index contributed by atoms with van der Waals surface area (Å²) in [6.45, 7) is 0. The van der Waals surface area contributed by atoms with Crippen molar-refractivity contribution in [1.29, 1.82) is 0 Å². The van der Waals surface area contributed by atoms with Gasteiger partial charge < -0.3 is 5.11 Å². The van der Waals surface area contributed by atoms with E-state index in [1.165, 1.54) is 0 Å². The molecule has 0 aliphatic rings. The second kappa shape index (κ2) is 4.48. The summed E-state index contributed by atoms with van der Waals surface area (Å²) in [6.07, 6.45) is -5.49. The van der Waals surface area contributed by atoms with Crippen LogP contribution in [0.3, 0.4) is 0 Å². The predicted molar refractivity (Wildman–Crippen MR) is 43.2 cm³/mol. The van der Waals surface area contributed by atoms with Gasteiger partial charge in [0.15, 0.2) is 0 Å². The van der Waals surface area contributed by atoms with Crippen LogP contribution in [0.2, 0.25) is 0 Å². The summed E-state index contributed by atoms with van der Waals surface area (Å²) in [6, 6.07) is 0.844. The van der Waals surface area contributed by atoms with E-state index in [-0.39, 0.29) is 6.08 Å². The van der Waals surface area contributed by atoms with Crippen LogP contribution in [-0.4, -0.2) is 16.9 Å². The lowest BCUT2D eigenvalue weighted by atomic mass is 10.2. The van der Waals surface area contributed by atoms with Crippen LogP contribution in [0.15, 0.2) is 18.2 Å². The largest absolute Gasteiger partial charge is 0.872 e. The molecule has 0 saturated heterocycles. The molecule has 0 aromatic carbocycles. The van der Waals surface area contributed by atoms with E-state index in [0.717, 1.165) is 0 Å². The SMILES string of the molecule is O=C(/C=C(\[O-])c1cc(F)nc(F)c1)C(F)(F)F. The molecule has 0 saturated carbocycles. The van der Waals surface area contributed by atoms with Crippen molar-refractivity contribution in [2.75, 3.05) is 0 Å². The monoisotopic (exact) mass is 252 g/mol. The van der Waals surface area contributed by atoms with E-state index < -0.39 is 35.2 Å². The van der Waals surface area contributed by atoms with Crippen molar-refractivity contribution in [3.8, 4) is 0 Å². The quantitative estimate of drug-likeness (QED) is 0.344. The molecule has 1 heterocycles. The Balaban J connectivity index is 3.08. The molecule has 0 unspecified atom stereocenters. The minimum Gasteiger partial charge on any atom is -0.872 e. The second-order valence-corrected chi connectivity index (χ2v) is 2.87. The van der Waals surface area contributed by atoms with Crippen LogP contribution < -0.4 is 5.11 Å². The number of rotatable bonds is 2. The Bertz CT molecular complexity index is 461. The molecule has 92 valence electrons. The fourth-order valence-corrected chi connectivity index (χ4v) is 0.891. The first kappa shape index (κ1) is 13.1. The highest BCUT2D eigenvalue weighted by Gasteiger charge is 2.36. The second-order valence-electron chi connectivity index (χ2n) is 2.87. The summed E-state index contributed by atoms with van der Waals surface area (Å²) in [5.41, 5.74) is -0.729. The van der Waals surface area contributed by atoms with Crippen molar-refractivity contribution in [3.05, 3.63) is 35.7 Å². The van der Waals surface area contributed by atoms with Crippen molar-refractivity contribution in [2.45, 2.75) is 6.18 Å². The van der Waals surface area contributed by atoms with Crippen LogP contribution in [0.4, 0.5) is 22.0 Å². The van der Waals surface area contributed by atoms with Gasteiger partial charge in [0.1, 0.15) is 0 Å². The molecule has 0 amide bonds. The van der Waals surface area contributed by atoms with Crippen LogP contribution in [0, 0.1) is 11.9 Å². The lowest BCUT2D eigenvalue weighted by Crippen LogP contribution is -2.22.